The van der Waals surface area contributed by atoms with Gasteiger partial charge in [0.2, 0.25) is 0 Å². The van der Waals surface area contributed by atoms with Gasteiger partial charge in [-0.2, -0.15) is 0 Å². The highest BCUT2D eigenvalue weighted by molar-refractivity contribution is 6.04. The van der Waals surface area contributed by atoms with Crippen LogP contribution in [-0.2, 0) is 11.3 Å². The van der Waals surface area contributed by atoms with Crippen LogP contribution in [0.1, 0.15) is 21.6 Å². The zero-order valence-electron chi connectivity index (χ0n) is 17.8. The van der Waals surface area contributed by atoms with Crippen LogP contribution in [0.4, 0.5) is 0 Å². The number of hydrogen-bond donors (Lipinski definition) is 0. The molecule has 0 aliphatic heterocycles. The number of fused-ring (bicyclic) bond motifs is 2. The molecular formula is C26H19N3O4. The van der Waals surface area contributed by atoms with E-state index in [0.717, 1.165) is 5.56 Å². The monoisotopic (exact) mass is 437 g/mol. The highest BCUT2D eigenvalue weighted by Crippen LogP contribution is 2.19. The topological polar surface area (TPSA) is 82.7 Å². The number of pyridine rings is 2. The van der Waals surface area contributed by atoms with Crippen LogP contribution in [0, 0.1) is 6.92 Å². The van der Waals surface area contributed by atoms with Gasteiger partial charge in [0.25, 0.3) is 11.1 Å². The van der Waals surface area contributed by atoms with Gasteiger partial charge in [0.05, 0.1) is 11.3 Å². The molecule has 3 heterocycles. The predicted molar refractivity (Wildman–Crippen MR) is 125 cm³/mol. The lowest BCUT2D eigenvalue weighted by Gasteiger charge is -2.13. The molecule has 0 N–H and O–H groups in total. The second kappa shape index (κ2) is 8.20. The van der Waals surface area contributed by atoms with Crippen LogP contribution in [0.15, 0.2) is 94.8 Å². The summed E-state index contributed by atoms with van der Waals surface area (Å²) in [4.78, 5) is 42.9. The molecule has 0 spiro atoms. The first-order valence-electron chi connectivity index (χ1n) is 10.4. The van der Waals surface area contributed by atoms with Crippen molar-refractivity contribution >= 4 is 22.4 Å². The number of nitrogens with zero attached hydrogens (tertiary/aromatic N) is 3. The van der Waals surface area contributed by atoms with Gasteiger partial charge in [-0.3, -0.25) is 18.6 Å². The first-order valence-corrected chi connectivity index (χ1v) is 10.4. The minimum absolute atomic E-state index is 0.169. The second-order valence-corrected chi connectivity index (χ2v) is 7.69. The Morgan fingerprint density at radius 3 is 2.55 bits per heavy atom. The van der Waals surface area contributed by atoms with E-state index in [-0.39, 0.29) is 23.3 Å². The normalized spacial score (nSPS) is 11.1. The molecule has 0 bridgehead atoms. The van der Waals surface area contributed by atoms with Crippen LogP contribution in [-0.4, -0.2) is 19.9 Å². The quantitative estimate of drug-likeness (QED) is 0.401. The van der Waals surface area contributed by atoms with Crippen molar-refractivity contribution in [1.29, 1.82) is 0 Å². The summed E-state index contributed by atoms with van der Waals surface area (Å²) in [5.41, 5.74) is 2.23. The summed E-state index contributed by atoms with van der Waals surface area (Å²) in [6.45, 7) is 1.77. The molecule has 0 aliphatic rings. The minimum Gasteiger partial charge on any atom is -0.456 e. The molecule has 7 heteroatoms. The van der Waals surface area contributed by atoms with Gasteiger partial charge < -0.3 is 4.74 Å². The van der Waals surface area contributed by atoms with E-state index in [1.807, 2.05) is 31.2 Å². The number of hydrogen-bond acceptors (Lipinski definition) is 5. The molecule has 0 saturated heterocycles. The molecule has 0 radical (unpaired) electrons. The van der Waals surface area contributed by atoms with Crippen molar-refractivity contribution in [3.63, 3.8) is 0 Å². The van der Waals surface area contributed by atoms with Gasteiger partial charge in [0, 0.05) is 34.9 Å². The van der Waals surface area contributed by atoms with Crippen molar-refractivity contribution in [2.45, 2.75) is 13.5 Å². The number of aromatic nitrogens is 3. The summed E-state index contributed by atoms with van der Waals surface area (Å²) in [6.07, 6.45) is 3.13. The number of rotatable bonds is 4. The third-order valence-corrected chi connectivity index (χ3v) is 5.40. The maximum atomic E-state index is 13.1. The number of carbonyl (C=O) groups is 1. The summed E-state index contributed by atoms with van der Waals surface area (Å²) in [5, 5.41) is 0.915. The SMILES string of the molecule is Cc1cccc(-n2cc(C(=O)OCc3cc(=O)n4ccccc4n3)c3ccccc3c2=O)c1. The lowest BCUT2D eigenvalue weighted by molar-refractivity contribution is 0.0469. The predicted octanol–water partition coefficient (Wildman–Crippen LogP) is 3.66. The summed E-state index contributed by atoms with van der Waals surface area (Å²) in [7, 11) is 0. The fraction of sp³-hybridized carbons (Fsp3) is 0.0769. The van der Waals surface area contributed by atoms with Gasteiger partial charge in [-0.05, 0) is 42.8 Å². The molecule has 162 valence electrons. The average molecular weight is 437 g/mol. The van der Waals surface area contributed by atoms with Gasteiger partial charge in [-0.15, -0.1) is 0 Å². The standard InChI is InChI=1S/C26H19N3O4/c1-17-7-6-8-19(13-17)29-15-22(20-9-2-3-10-21(20)25(29)31)26(32)33-16-18-14-24(30)28-12-5-4-11-23(28)27-18/h2-15H,16H2,1H3. The van der Waals surface area contributed by atoms with Gasteiger partial charge in [0.15, 0.2) is 0 Å². The second-order valence-electron chi connectivity index (χ2n) is 7.69. The number of carbonyl (C=O) groups excluding carboxylic acids is 1. The van der Waals surface area contributed by atoms with Crippen LogP contribution >= 0.6 is 0 Å². The minimum atomic E-state index is -0.609. The molecule has 0 unspecified atom stereocenters. The van der Waals surface area contributed by atoms with E-state index in [1.165, 1.54) is 21.2 Å². The molecule has 3 aromatic heterocycles. The van der Waals surface area contributed by atoms with Crippen molar-refractivity contribution in [2.75, 3.05) is 0 Å². The Morgan fingerprint density at radius 1 is 0.939 bits per heavy atom. The zero-order chi connectivity index (χ0) is 22.9. The smallest absolute Gasteiger partial charge is 0.340 e. The fourth-order valence-corrected chi connectivity index (χ4v) is 3.82. The third-order valence-electron chi connectivity index (χ3n) is 5.40. The van der Waals surface area contributed by atoms with Gasteiger partial charge in [-0.1, -0.05) is 36.4 Å². The Morgan fingerprint density at radius 2 is 1.73 bits per heavy atom. The molecule has 0 fully saturated rings. The summed E-state index contributed by atoms with van der Waals surface area (Å²) < 4.78 is 8.38. The van der Waals surface area contributed by atoms with E-state index < -0.39 is 5.97 Å². The molecule has 5 aromatic rings. The summed E-state index contributed by atoms with van der Waals surface area (Å²) in [5.74, 6) is -0.609. The number of aryl methyl sites for hydroxylation is 1. The molecular weight excluding hydrogens is 418 g/mol. The van der Waals surface area contributed by atoms with Crippen molar-refractivity contribution in [2.24, 2.45) is 0 Å². The molecule has 0 aliphatic carbocycles. The van der Waals surface area contributed by atoms with E-state index in [0.29, 0.717) is 27.8 Å². The Bertz CT molecular complexity index is 1650. The van der Waals surface area contributed by atoms with Crippen molar-refractivity contribution in [3.8, 4) is 5.69 Å². The first kappa shape index (κ1) is 20.4. The van der Waals surface area contributed by atoms with E-state index >= 15 is 0 Å². The molecule has 2 aromatic carbocycles. The maximum absolute atomic E-state index is 13.1. The van der Waals surface area contributed by atoms with Crippen molar-refractivity contribution in [3.05, 3.63) is 123 Å². The molecule has 0 amide bonds. The number of esters is 1. The van der Waals surface area contributed by atoms with Crippen molar-refractivity contribution < 1.29 is 9.53 Å². The van der Waals surface area contributed by atoms with Crippen LogP contribution in [0.3, 0.4) is 0 Å². The lowest BCUT2D eigenvalue weighted by atomic mass is 10.1. The van der Waals surface area contributed by atoms with E-state index in [9.17, 15) is 14.4 Å². The van der Waals surface area contributed by atoms with E-state index in [4.69, 9.17) is 4.74 Å². The van der Waals surface area contributed by atoms with Crippen LogP contribution < -0.4 is 11.1 Å². The molecule has 0 atom stereocenters. The van der Waals surface area contributed by atoms with Gasteiger partial charge >= 0.3 is 5.97 Å². The Kier molecular flexibility index (Phi) is 5.06. The molecule has 5 rings (SSSR count). The largest absolute Gasteiger partial charge is 0.456 e. The van der Waals surface area contributed by atoms with E-state index in [1.54, 1.807) is 48.7 Å². The Labute approximate surface area is 188 Å². The Balaban J connectivity index is 1.54. The maximum Gasteiger partial charge on any atom is 0.340 e. The highest BCUT2D eigenvalue weighted by atomic mass is 16.5. The average Bonchev–Trinajstić information content (AvgIpc) is 2.83. The van der Waals surface area contributed by atoms with Gasteiger partial charge in [-0.25, -0.2) is 9.78 Å². The summed E-state index contributed by atoms with van der Waals surface area (Å²) in [6, 6.07) is 21.0. The lowest BCUT2D eigenvalue weighted by Crippen LogP contribution is -2.21. The third kappa shape index (κ3) is 3.80. The van der Waals surface area contributed by atoms with Crippen LogP contribution in [0.25, 0.3) is 22.1 Å². The molecule has 7 nitrogen and oxygen atoms in total. The Hall–Kier alpha value is -4.52. The first-order chi connectivity index (χ1) is 16.0. The van der Waals surface area contributed by atoms with Gasteiger partial charge in [0.1, 0.15) is 12.3 Å². The van der Waals surface area contributed by atoms with Crippen LogP contribution in [0.2, 0.25) is 0 Å². The molecule has 0 saturated carbocycles. The van der Waals surface area contributed by atoms with Crippen molar-refractivity contribution in [1.82, 2.24) is 14.0 Å². The summed E-state index contributed by atoms with van der Waals surface area (Å²) >= 11 is 0. The zero-order valence-corrected chi connectivity index (χ0v) is 17.8. The molecule has 33 heavy (non-hydrogen) atoms. The number of ether oxygens (including phenoxy) is 1. The highest BCUT2D eigenvalue weighted by Gasteiger charge is 2.17. The van der Waals surface area contributed by atoms with Crippen LogP contribution in [0.5, 0.6) is 0 Å². The number of benzene rings is 2. The fourth-order valence-electron chi connectivity index (χ4n) is 3.82. The van der Waals surface area contributed by atoms with E-state index in [2.05, 4.69) is 4.98 Å².